The molecule has 0 radical (unpaired) electrons. The minimum atomic E-state index is -5.07. The van der Waals surface area contributed by atoms with Crippen molar-refractivity contribution in [2.75, 3.05) is 33.3 Å². The number of benzene rings is 2. The van der Waals surface area contributed by atoms with Crippen LogP contribution in [0.3, 0.4) is 0 Å². The summed E-state index contributed by atoms with van der Waals surface area (Å²) in [4.78, 5) is 29.4. The molecular formula is C30H36F4N2O4. The number of methoxy groups -OCH3 is 1. The predicted octanol–water partition coefficient (Wildman–Crippen LogP) is 6.26. The maximum absolute atomic E-state index is 14.5. The maximum atomic E-state index is 14.5. The summed E-state index contributed by atoms with van der Waals surface area (Å²) in [6.45, 7) is 6.48. The summed E-state index contributed by atoms with van der Waals surface area (Å²) in [5, 5.41) is 0. The van der Waals surface area contributed by atoms with Gasteiger partial charge in [0.05, 0.1) is 0 Å². The summed E-state index contributed by atoms with van der Waals surface area (Å²) in [7, 11) is 0.845. The van der Waals surface area contributed by atoms with Gasteiger partial charge in [-0.05, 0) is 63.1 Å². The number of piperidine rings is 2. The Bertz CT molecular complexity index is 1190. The molecule has 2 fully saturated rings. The molecule has 1 spiro atoms. The van der Waals surface area contributed by atoms with Gasteiger partial charge in [0.25, 0.3) is 11.5 Å². The molecule has 2 aliphatic rings. The molecule has 218 valence electrons. The SMILES string of the molecule is COC(C(=O)N1CCC2(CCN(C(=O)OC(C)(C)C)CC2c2ccccc2)CC1)(c1ccc(F)cc1)C(F)(F)F. The second-order valence-corrected chi connectivity index (χ2v) is 11.7. The van der Waals surface area contributed by atoms with Gasteiger partial charge in [0.1, 0.15) is 11.4 Å². The average Bonchev–Trinajstić information content (AvgIpc) is 2.89. The van der Waals surface area contributed by atoms with Crippen LogP contribution in [-0.2, 0) is 19.9 Å². The van der Waals surface area contributed by atoms with Crippen LogP contribution in [0, 0.1) is 11.2 Å². The van der Waals surface area contributed by atoms with Crippen molar-refractivity contribution in [2.45, 2.75) is 63.3 Å². The molecule has 2 unspecified atom stereocenters. The fourth-order valence-electron chi connectivity index (χ4n) is 6.06. The van der Waals surface area contributed by atoms with E-state index >= 15 is 0 Å². The Kier molecular flexibility index (Phi) is 8.23. The molecule has 2 atom stereocenters. The summed E-state index contributed by atoms with van der Waals surface area (Å²) in [6.07, 6.45) is -3.93. The number of amides is 2. The van der Waals surface area contributed by atoms with Crippen LogP contribution >= 0.6 is 0 Å². The second kappa shape index (κ2) is 11.0. The molecule has 4 rings (SSSR count). The molecule has 2 saturated heterocycles. The second-order valence-electron chi connectivity index (χ2n) is 11.7. The highest BCUT2D eigenvalue weighted by molar-refractivity contribution is 5.88. The van der Waals surface area contributed by atoms with Crippen LogP contribution < -0.4 is 0 Å². The van der Waals surface area contributed by atoms with Crippen LogP contribution in [0.5, 0.6) is 0 Å². The molecular weight excluding hydrogens is 528 g/mol. The van der Waals surface area contributed by atoms with Gasteiger partial charge in [-0.1, -0.05) is 42.5 Å². The number of ether oxygens (including phenoxy) is 2. The third-order valence-corrected chi connectivity index (χ3v) is 8.18. The molecule has 2 amide bonds. The first kappa shape index (κ1) is 29.8. The quantitative estimate of drug-likeness (QED) is 0.411. The molecule has 2 heterocycles. The zero-order chi connectivity index (χ0) is 29.3. The van der Waals surface area contributed by atoms with Gasteiger partial charge in [0, 0.05) is 44.8 Å². The normalized spacial score (nSPS) is 21.1. The van der Waals surface area contributed by atoms with Crippen LogP contribution in [-0.4, -0.2) is 66.9 Å². The van der Waals surface area contributed by atoms with Crippen LogP contribution in [0.15, 0.2) is 54.6 Å². The van der Waals surface area contributed by atoms with Crippen molar-refractivity contribution in [2.24, 2.45) is 5.41 Å². The average molecular weight is 565 g/mol. The fourth-order valence-corrected chi connectivity index (χ4v) is 6.06. The number of nitrogens with zero attached hydrogens (tertiary/aromatic N) is 2. The van der Waals surface area contributed by atoms with Crippen LogP contribution in [0.25, 0.3) is 0 Å². The number of alkyl halides is 3. The Labute approximate surface area is 232 Å². The van der Waals surface area contributed by atoms with Crippen molar-refractivity contribution in [1.29, 1.82) is 0 Å². The lowest BCUT2D eigenvalue weighted by molar-refractivity contribution is -0.271. The van der Waals surface area contributed by atoms with E-state index in [1.807, 2.05) is 51.1 Å². The van der Waals surface area contributed by atoms with Gasteiger partial charge < -0.3 is 19.3 Å². The van der Waals surface area contributed by atoms with E-state index in [0.717, 1.165) is 36.9 Å². The molecule has 0 aliphatic carbocycles. The summed E-state index contributed by atoms with van der Waals surface area (Å²) in [6, 6.07) is 13.4. The molecule has 0 N–H and O–H groups in total. The molecule has 10 heteroatoms. The van der Waals surface area contributed by atoms with Crippen molar-refractivity contribution >= 4 is 12.0 Å². The Hall–Kier alpha value is -3.14. The number of likely N-dealkylation sites (tertiary alicyclic amines) is 2. The molecule has 2 aromatic rings. The zero-order valence-electron chi connectivity index (χ0n) is 23.3. The Balaban J connectivity index is 1.59. The Morgan fingerprint density at radius 2 is 1.43 bits per heavy atom. The molecule has 0 bridgehead atoms. The van der Waals surface area contributed by atoms with Gasteiger partial charge in [0.2, 0.25) is 0 Å². The smallest absolute Gasteiger partial charge is 0.430 e. The van der Waals surface area contributed by atoms with Crippen molar-refractivity contribution in [1.82, 2.24) is 9.80 Å². The van der Waals surface area contributed by atoms with Gasteiger partial charge in [-0.2, -0.15) is 13.2 Å². The summed E-state index contributed by atoms with van der Waals surface area (Å²) < 4.78 is 67.6. The van der Waals surface area contributed by atoms with Gasteiger partial charge in [-0.3, -0.25) is 4.79 Å². The number of hydrogen-bond donors (Lipinski definition) is 0. The number of carbonyl (C=O) groups excluding carboxylic acids is 2. The highest BCUT2D eigenvalue weighted by Gasteiger charge is 2.64. The third-order valence-electron chi connectivity index (χ3n) is 8.18. The largest absolute Gasteiger partial charge is 0.444 e. The molecule has 2 aliphatic heterocycles. The van der Waals surface area contributed by atoms with E-state index in [2.05, 4.69) is 0 Å². The van der Waals surface area contributed by atoms with Crippen LogP contribution in [0.4, 0.5) is 22.4 Å². The van der Waals surface area contributed by atoms with E-state index in [9.17, 15) is 27.2 Å². The minimum Gasteiger partial charge on any atom is -0.444 e. The summed E-state index contributed by atoms with van der Waals surface area (Å²) >= 11 is 0. The van der Waals surface area contributed by atoms with E-state index < -0.39 is 40.8 Å². The van der Waals surface area contributed by atoms with Crippen LogP contribution in [0.1, 0.15) is 57.1 Å². The first-order valence-corrected chi connectivity index (χ1v) is 13.4. The standard InChI is InChI=1S/C30H36F4N2O4/c1-27(2,3)40-26(38)36-19-16-28(24(20-36)21-8-6-5-7-9-21)14-17-35(18-15-28)25(37)29(39-4,30(32,33)34)22-10-12-23(31)13-11-22/h5-13,24H,14-20H2,1-4H3. The first-order valence-electron chi connectivity index (χ1n) is 13.4. The lowest BCUT2D eigenvalue weighted by Gasteiger charge is -2.52. The van der Waals surface area contributed by atoms with Crippen molar-refractivity contribution in [3.63, 3.8) is 0 Å². The van der Waals surface area contributed by atoms with Gasteiger partial charge >= 0.3 is 12.3 Å². The van der Waals surface area contributed by atoms with E-state index in [0.29, 0.717) is 32.4 Å². The maximum Gasteiger partial charge on any atom is 0.430 e. The fraction of sp³-hybridized carbons (Fsp3) is 0.533. The number of halogens is 4. The van der Waals surface area contributed by atoms with Gasteiger partial charge in [0.15, 0.2) is 0 Å². The van der Waals surface area contributed by atoms with E-state index in [4.69, 9.17) is 9.47 Å². The van der Waals surface area contributed by atoms with Gasteiger partial charge in [-0.15, -0.1) is 0 Å². The van der Waals surface area contributed by atoms with Crippen molar-refractivity contribution in [3.05, 3.63) is 71.5 Å². The molecule has 0 aromatic heterocycles. The van der Waals surface area contributed by atoms with Crippen LogP contribution in [0.2, 0.25) is 0 Å². The monoisotopic (exact) mass is 564 g/mol. The Morgan fingerprint density at radius 1 is 0.875 bits per heavy atom. The third kappa shape index (κ3) is 5.68. The van der Waals surface area contributed by atoms with E-state index in [1.165, 1.54) is 4.90 Å². The van der Waals surface area contributed by atoms with Gasteiger partial charge in [-0.25, -0.2) is 9.18 Å². The predicted molar refractivity (Wildman–Crippen MR) is 141 cm³/mol. The molecule has 6 nitrogen and oxygen atoms in total. The lowest BCUT2D eigenvalue weighted by atomic mass is 9.62. The number of hydrogen-bond acceptors (Lipinski definition) is 4. The Morgan fingerprint density at radius 3 is 1.93 bits per heavy atom. The van der Waals surface area contributed by atoms with Crippen molar-refractivity contribution < 1.29 is 36.6 Å². The topological polar surface area (TPSA) is 59.1 Å². The highest BCUT2D eigenvalue weighted by Crippen LogP contribution is 2.51. The lowest BCUT2D eigenvalue weighted by Crippen LogP contribution is -2.60. The molecule has 2 aromatic carbocycles. The first-order chi connectivity index (χ1) is 18.7. The number of rotatable bonds is 4. The zero-order valence-corrected chi connectivity index (χ0v) is 23.3. The highest BCUT2D eigenvalue weighted by atomic mass is 19.4. The minimum absolute atomic E-state index is 0.0842. The number of carbonyl (C=O) groups is 2. The van der Waals surface area contributed by atoms with Crippen molar-refractivity contribution in [3.8, 4) is 0 Å². The summed E-state index contributed by atoms with van der Waals surface area (Å²) in [5.74, 6) is -2.02. The molecule has 0 saturated carbocycles. The summed E-state index contributed by atoms with van der Waals surface area (Å²) in [5.41, 5.74) is -3.65. The van der Waals surface area contributed by atoms with E-state index in [1.54, 1.807) is 4.90 Å². The van der Waals surface area contributed by atoms with E-state index in [-0.39, 0.29) is 24.4 Å². The molecule has 40 heavy (non-hydrogen) atoms.